The Balaban J connectivity index is 2.10. The van der Waals surface area contributed by atoms with E-state index >= 15 is 0 Å². The largest absolute Gasteiger partial charge is 0.340 e. The number of aryl methyl sites for hydroxylation is 1. The van der Waals surface area contributed by atoms with E-state index in [4.69, 9.17) is 4.52 Å². The van der Waals surface area contributed by atoms with Crippen LogP contribution in [0.3, 0.4) is 0 Å². The number of carbonyl (C=O) groups excluding carboxylic acids is 1. The molecule has 5 nitrogen and oxygen atoms in total. The van der Waals surface area contributed by atoms with Crippen LogP contribution in [-0.4, -0.2) is 16.0 Å². The van der Waals surface area contributed by atoms with Gasteiger partial charge in [0.15, 0.2) is 5.82 Å². The summed E-state index contributed by atoms with van der Waals surface area (Å²) in [5, 5.41) is 6.49. The Bertz CT molecular complexity index is 568. The molecule has 1 heterocycles. The third kappa shape index (κ3) is 2.76. The molecule has 2 rings (SSSR count). The molecule has 2 aromatic rings. The van der Waals surface area contributed by atoms with E-state index in [1.165, 1.54) is 0 Å². The van der Waals surface area contributed by atoms with Crippen LogP contribution in [0.5, 0.6) is 0 Å². The highest BCUT2D eigenvalue weighted by molar-refractivity contribution is 9.10. The van der Waals surface area contributed by atoms with Gasteiger partial charge in [0.25, 0.3) is 5.91 Å². The van der Waals surface area contributed by atoms with E-state index in [0.29, 0.717) is 17.3 Å². The summed E-state index contributed by atoms with van der Waals surface area (Å²) in [5.74, 6) is 0.755. The van der Waals surface area contributed by atoms with Gasteiger partial charge in [0.05, 0.1) is 5.56 Å². The van der Waals surface area contributed by atoms with Crippen LogP contribution in [0.2, 0.25) is 0 Å². The highest BCUT2D eigenvalue weighted by Gasteiger charge is 2.17. The standard InChI is InChI=1S/C12H12BrN3O2/c1-7(12-15-8(2)16-18-12)14-11(17)9-5-3-4-6-10(9)13/h3-7H,1-2H3,(H,14,17)/t7-/m1/s1. The van der Waals surface area contributed by atoms with Crippen molar-refractivity contribution in [3.05, 3.63) is 46.0 Å². The number of nitrogens with one attached hydrogen (secondary N) is 1. The zero-order valence-electron chi connectivity index (χ0n) is 9.98. The summed E-state index contributed by atoms with van der Waals surface area (Å²) < 4.78 is 5.75. The highest BCUT2D eigenvalue weighted by Crippen LogP contribution is 2.17. The van der Waals surface area contributed by atoms with Crippen molar-refractivity contribution < 1.29 is 9.32 Å². The first-order valence-electron chi connectivity index (χ1n) is 5.43. The Morgan fingerprint density at radius 3 is 2.78 bits per heavy atom. The number of halogens is 1. The van der Waals surface area contributed by atoms with Crippen LogP contribution in [0.1, 0.15) is 35.0 Å². The van der Waals surface area contributed by atoms with Gasteiger partial charge in [-0.05, 0) is 41.9 Å². The molecule has 0 saturated carbocycles. The molecule has 1 aromatic carbocycles. The molecule has 0 saturated heterocycles. The van der Waals surface area contributed by atoms with Gasteiger partial charge in [-0.15, -0.1) is 0 Å². The molecule has 0 aliphatic rings. The lowest BCUT2D eigenvalue weighted by Crippen LogP contribution is -2.27. The molecule has 6 heteroatoms. The van der Waals surface area contributed by atoms with Gasteiger partial charge in [0.2, 0.25) is 5.89 Å². The smallest absolute Gasteiger partial charge is 0.253 e. The molecular formula is C12H12BrN3O2. The predicted molar refractivity (Wildman–Crippen MR) is 69.1 cm³/mol. The van der Waals surface area contributed by atoms with E-state index in [0.717, 1.165) is 4.47 Å². The molecule has 0 fully saturated rings. The van der Waals surface area contributed by atoms with Crippen molar-refractivity contribution in [3.8, 4) is 0 Å². The molecule has 1 aromatic heterocycles. The van der Waals surface area contributed by atoms with Crippen molar-refractivity contribution in [2.45, 2.75) is 19.9 Å². The molecule has 94 valence electrons. The summed E-state index contributed by atoms with van der Waals surface area (Å²) in [6.45, 7) is 3.52. The molecule has 0 spiro atoms. The van der Waals surface area contributed by atoms with Crippen LogP contribution in [0, 0.1) is 6.92 Å². The van der Waals surface area contributed by atoms with Crippen molar-refractivity contribution in [1.82, 2.24) is 15.5 Å². The van der Waals surface area contributed by atoms with E-state index < -0.39 is 0 Å². The van der Waals surface area contributed by atoms with Crippen molar-refractivity contribution in [2.24, 2.45) is 0 Å². The van der Waals surface area contributed by atoms with Crippen molar-refractivity contribution in [2.75, 3.05) is 0 Å². The van der Waals surface area contributed by atoms with Crippen LogP contribution in [0.4, 0.5) is 0 Å². The number of hydrogen-bond acceptors (Lipinski definition) is 4. The molecule has 1 amide bonds. The van der Waals surface area contributed by atoms with Gasteiger partial charge in [-0.2, -0.15) is 4.98 Å². The Morgan fingerprint density at radius 2 is 2.17 bits per heavy atom. The predicted octanol–water partition coefficient (Wildman–Crippen LogP) is 2.63. The van der Waals surface area contributed by atoms with E-state index in [1.807, 2.05) is 12.1 Å². The van der Waals surface area contributed by atoms with Crippen LogP contribution in [0.25, 0.3) is 0 Å². The van der Waals surface area contributed by atoms with Gasteiger partial charge in [-0.25, -0.2) is 0 Å². The summed E-state index contributed by atoms with van der Waals surface area (Å²) in [7, 11) is 0. The SMILES string of the molecule is Cc1noc([C@@H](C)NC(=O)c2ccccc2Br)n1. The Kier molecular flexibility index (Phi) is 3.76. The second-order valence-corrected chi connectivity index (χ2v) is 4.71. The van der Waals surface area contributed by atoms with Crippen LogP contribution in [-0.2, 0) is 0 Å². The summed E-state index contributed by atoms with van der Waals surface area (Å²) >= 11 is 3.33. The molecule has 0 bridgehead atoms. The number of amides is 1. The lowest BCUT2D eigenvalue weighted by Gasteiger charge is -2.10. The van der Waals surface area contributed by atoms with E-state index in [2.05, 4.69) is 31.4 Å². The van der Waals surface area contributed by atoms with Gasteiger partial charge in [-0.1, -0.05) is 17.3 Å². The third-order valence-corrected chi connectivity index (χ3v) is 3.07. The summed E-state index contributed by atoms with van der Waals surface area (Å²) in [4.78, 5) is 16.1. The fourth-order valence-electron chi connectivity index (χ4n) is 1.47. The van der Waals surface area contributed by atoms with Crippen LogP contribution < -0.4 is 5.32 Å². The quantitative estimate of drug-likeness (QED) is 0.946. The third-order valence-electron chi connectivity index (χ3n) is 2.38. The maximum atomic E-state index is 12.0. The molecule has 18 heavy (non-hydrogen) atoms. The maximum absolute atomic E-state index is 12.0. The molecular weight excluding hydrogens is 298 g/mol. The maximum Gasteiger partial charge on any atom is 0.253 e. The fraction of sp³-hybridized carbons (Fsp3) is 0.250. The summed E-state index contributed by atoms with van der Waals surface area (Å²) in [6.07, 6.45) is 0. The Labute approximate surface area is 113 Å². The number of rotatable bonds is 3. The van der Waals surface area contributed by atoms with E-state index in [9.17, 15) is 4.79 Å². The number of hydrogen-bond donors (Lipinski definition) is 1. The summed E-state index contributed by atoms with van der Waals surface area (Å²) in [5.41, 5.74) is 0.570. The number of aromatic nitrogens is 2. The molecule has 1 N–H and O–H groups in total. The molecule has 0 radical (unpaired) electrons. The normalized spacial score (nSPS) is 12.2. The molecule has 0 aliphatic heterocycles. The van der Waals surface area contributed by atoms with Crippen molar-refractivity contribution in [1.29, 1.82) is 0 Å². The van der Waals surface area contributed by atoms with Crippen LogP contribution >= 0.6 is 15.9 Å². The molecule has 1 atom stereocenters. The fourth-order valence-corrected chi connectivity index (χ4v) is 1.94. The minimum absolute atomic E-state index is 0.189. The molecule has 0 aliphatic carbocycles. The van der Waals surface area contributed by atoms with Crippen LogP contribution in [0.15, 0.2) is 33.3 Å². The average Bonchev–Trinajstić information content (AvgIpc) is 2.76. The van der Waals surface area contributed by atoms with Gasteiger partial charge in [0.1, 0.15) is 6.04 Å². The second-order valence-electron chi connectivity index (χ2n) is 3.85. The molecule has 0 unspecified atom stereocenters. The minimum Gasteiger partial charge on any atom is -0.340 e. The minimum atomic E-state index is -0.328. The first-order valence-corrected chi connectivity index (χ1v) is 6.23. The van der Waals surface area contributed by atoms with E-state index in [-0.39, 0.29) is 11.9 Å². The summed E-state index contributed by atoms with van der Waals surface area (Å²) in [6, 6.07) is 6.89. The average molecular weight is 310 g/mol. The Morgan fingerprint density at radius 1 is 1.44 bits per heavy atom. The van der Waals surface area contributed by atoms with E-state index in [1.54, 1.807) is 26.0 Å². The van der Waals surface area contributed by atoms with Gasteiger partial charge < -0.3 is 9.84 Å². The van der Waals surface area contributed by atoms with Crippen molar-refractivity contribution >= 4 is 21.8 Å². The lowest BCUT2D eigenvalue weighted by molar-refractivity contribution is 0.0931. The second kappa shape index (κ2) is 5.30. The Hall–Kier alpha value is -1.69. The van der Waals surface area contributed by atoms with Gasteiger partial charge in [0, 0.05) is 4.47 Å². The number of carbonyl (C=O) groups is 1. The number of benzene rings is 1. The first kappa shape index (κ1) is 12.8. The number of nitrogens with zero attached hydrogens (tertiary/aromatic N) is 2. The monoisotopic (exact) mass is 309 g/mol. The zero-order chi connectivity index (χ0) is 13.1. The topological polar surface area (TPSA) is 68.0 Å². The van der Waals surface area contributed by atoms with Gasteiger partial charge in [-0.3, -0.25) is 4.79 Å². The lowest BCUT2D eigenvalue weighted by atomic mass is 10.2. The first-order chi connectivity index (χ1) is 8.58. The highest BCUT2D eigenvalue weighted by atomic mass is 79.9. The van der Waals surface area contributed by atoms with Gasteiger partial charge >= 0.3 is 0 Å². The zero-order valence-corrected chi connectivity index (χ0v) is 11.6. The van der Waals surface area contributed by atoms with Crippen molar-refractivity contribution in [3.63, 3.8) is 0 Å².